The first-order valence-corrected chi connectivity index (χ1v) is 9.32. The van der Waals surface area contributed by atoms with Gasteiger partial charge in [-0.1, -0.05) is 45.0 Å². The fourth-order valence-electron chi connectivity index (χ4n) is 3.64. The number of esters is 1. The third kappa shape index (κ3) is 3.43. The quantitative estimate of drug-likeness (QED) is 0.636. The Bertz CT molecular complexity index is 842. The number of fused-ring (bicyclic) bond motifs is 1. The van der Waals surface area contributed by atoms with Gasteiger partial charge in [0.1, 0.15) is 5.69 Å². The summed E-state index contributed by atoms with van der Waals surface area (Å²) in [6.07, 6.45) is 2.86. The number of aromatic nitrogens is 2. The minimum Gasteiger partial charge on any atom is -0.461 e. The van der Waals surface area contributed by atoms with E-state index < -0.39 is 0 Å². The lowest BCUT2D eigenvalue weighted by Crippen LogP contribution is -2.25. The van der Waals surface area contributed by atoms with Crippen LogP contribution in [0.2, 0.25) is 0 Å². The molecule has 134 valence electrons. The lowest BCUT2D eigenvalue weighted by atomic mass is 9.87. The molecule has 4 nitrogen and oxygen atoms in total. The van der Waals surface area contributed by atoms with Crippen molar-refractivity contribution in [2.45, 2.75) is 58.4 Å². The van der Waals surface area contributed by atoms with Crippen LogP contribution in [-0.4, -0.2) is 22.1 Å². The molecule has 2 aromatic rings. The van der Waals surface area contributed by atoms with Crippen molar-refractivity contribution in [1.82, 2.24) is 9.55 Å². The highest BCUT2D eigenvalue weighted by atomic mass is 32.1. The fourth-order valence-corrected chi connectivity index (χ4v) is 3.98. The maximum absolute atomic E-state index is 12.7. The van der Waals surface area contributed by atoms with Gasteiger partial charge in [0.15, 0.2) is 4.77 Å². The number of rotatable bonds is 3. The van der Waals surface area contributed by atoms with Gasteiger partial charge in [-0.05, 0) is 49.5 Å². The molecular formula is C20H26N2O2S. The maximum Gasteiger partial charge on any atom is 0.356 e. The van der Waals surface area contributed by atoms with Gasteiger partial charge in [-0.25, -0.2) is 4.79 Å². The molecule has 1 aliphatic carbocycles. The Morgan fingerprint density at radius 1 is 1.32 bits per heavy atom. The molecule has 3 rings (SSSR count). The maximum atomic E-state index is 12.7. The minimum absolute atomic E-state index is 0.175. The Labute approximate surface area is 154 Å². The van der Waals surface area contributed by atoms with Gasteiger partial charge in [-0.15, -0.1) is 0 Å². The van der Waals surface area contributed by atoms with Gasteiger partial charge in [-0.3, -0.25) is 0 Å². The molecule has 1 N–H and O–H groups in total. The Morgan fingerprint density at radius 3 is 2.64 bits per heavy atom. The van der Waals surface area contributed by atoms with E-state index in [9.17, 15) is 4.79 Å². The summed E-state index contributed by atoms with van der Waals surface area (Å²) in [4.78, 5) is 16.0. The van der Waals surface area contributed by atoms with Crippen LogP contribution in [0.3, 0.4) is 0 Å². The van der Waals surface area contributed by atoms with E-state index in [1.165, 1.54) is 11.1 Å². The van der Waals surface area contributed by atoms with E-state index in [0.717, 1.165) is 25.0 Å². The van der Waals surface area contributed by atoms with Crippen molar-refractivity contribution in [3.05, 3.63) is 51.6 Å². The molecule has 1 aromatic heterocycles. The van der Waals surface area contributed by atoms with Gasteiger partial charge in [0, 0.05) is 11.5 Å². The van der Waals surface area contributed by atoms with Gasteiger partial charge in [0.2, 0.25) is 0 Å². The van der Waals surface area contributed by atoms with Gasteiger partial charge in [0.05, 0.1) is 12.3 Å². The number of H-pyrrole nitrogens is 1. The highest BCUT2D eigenvalue weighted by Gasteiger charge is 2.32. The van der Waals surface area contributed by atoms with E-state index in [2.05, 4.69) is 50.0 Å². The summed E-state index contributed by atoms with van der Waals surface area (Å²) in [5, 5.41) is 0. The lowest BCUT2D eigenvalue weighted by molar-refractivity contribution is 0.0507. The Kier molecular flexibility index (Phi) is 4.87. The van der Waals surface area contributed by atoms with E-state index in [-0.39, 0.29) is 17.4 Å². The molecule has 1 atom stereocenters. The SMILES string of the molecule is CCOC(=O)c1c(C(C)(C)C)[nH]c(=S)n1C1CCc2ccccc2C1. The van der Waals surface area contributed by atoms with E-state index in [0.29, 0.717) is 17.1 Å². The van der Waals surface area contributed by atoms with Crippen LogP contribution in [0.4, 0.5) is 0 Å². The second-order valence-electron chi connectivity index (χ2n) is 7.66. The molecule has 0 saturated carbocycles. The summed E-state index contributed by atoms with van der Waals surface area (Å²) < 4.78 is 7.96. The molecule has 0 radical (unpaired) electrons. The highest BCUT2D eigenvalue weighted by Crippen LogP contribution is 2.34. The number of nitrogens with one attached hydrogen (secondary N) is 1. The van der Waals surface area contributed by atoms with E-state index in [4.69, 9.17) is 17.0 Å². The lowest BCUT2D eigenvalue weighted by Gasteiger charge is -2.27. The van der Waals surface area contributed by atoms with Crippen molar-refractivity contribution < 1.29 is 9.53 Å². The zero-order chi connectivity index (χ0) is 18.2. The van der Waals surface area contributed by atoms with E-state index in [1.807, 2.05) is 11.5 Å². The van der Waals surface area contributed by atoms with Crippen LogP contribution in [0.1, 0.15) is 67.5 Å². The molecule has 0 spiro atoms. The van der Waals surface area contributed by atoms with Gasteiger partial charge < -0.3 is 14.3 Å². The number of ether oxygens (including phenoxy) is 1. The van der Waals surface area contributed by atoms with E-state index >= 15 is 0 Å². The first-order chi connectivity index (χ1) is 11.8. The molecule has 5 heteroatoms. The smallest absolute Gasteiger partial charge is 0.356 e. The topological polar surface area (TPSA) is 47.0 Å². The molecule has 0 bridgehead atoms. The monoisotopic (exact) mass is 358 g/mol. The molecule has 0 aliphatic heterocycles. The first kappa shape index (κ1) is 17.9. The number of imidazole rings is 1. The fraction of sp³-hybridized carbons (Fsp3) is 0.500. The molecule has 25 heavy (non-hydrogen) atoms. The van der Waals surface area contributed by atoms with Crippen LogP contribution >= 0.6 is 12.2 Å². The summed E-state index contributed by atoms with van der Waals surface area (Å²) in [5.41, 5.74) is 3.97. The van der Waals surface area contributed by atoms with Gasteiger partial charge in [-0.2, -0.15) is 0 Å². The first-order valence-electron chi connectivity index (χ1n) is 8.91. The van der Waals surface area contributed by atoms with Crippen LogP contribution < -0.4 is 0 Å². The number of hydrogen-bond donors (Lipinski definition) is 1. The molecule has 1 unspecified atom stereocenters. The average Bonchev–Trinajstić information content (AvgIpc) is 2.92. The molecule has 0 fully saturated rings. The molecule has 0 saturated heterocycles. The Morgan fingerprint density at radius 2 is 2.00 bits per heavy atom. The zero-order valence-corrected chi connectivity index (χ0v) is 16.2. The van der Waals surface area contributed by atoms with Crippen molar-refractivity contribution in [2.75, 3.05) is 6.61 Å². The average molecular weight is 359 g/mol. The molecule has 1 heterocycles. The van der Waals surface area contributed by atoms with Crippen molar-refractivity contribution in [2.24, 2.45) is 0 Å². The standard InChI is InChI=1S/C20H26N2O2S/c1-5-24-18(23)16-17(20(2,3)4)21-19(25)22(16)15-11-10-13-8-6-7-9-14(13)12-15/h6-9,15H,5,10-12H2,1-4H3,(H,21,25). The van der Waals surface area contributed by atoms with Crippen LogP contribution in [0.25, 0.3) is 0 Å². The predicted octanol–water partition coefficient (Wildman–Crippen LogP) is 4.75. The van der Waals surface area contributed by atoms with Crippen molar-refractivity contribution in [3.63, 3.8) is 0 Å². The highest BCUT2D eigenvalue weighted by molar-refractivity contribution is 7.71. The number of aromatic amines is 1. The summed E-state index contributed by atoms with van der Waals surface area (Å²) in [6.45, 7) is 8.43. The van der Waals surface area contributed by atoms with Gasteiger partial charge in [0.25, 0.3) is 0 Å². The number of benzene rings is 1. The van der Waals surface area contributed by atoms with E-state index in [1.54, 1.807) is 0 Å². The summed E-state index contributed by atoms with van der Waals surface area (Å²) in [5.74, 6) is -0.293. The molecule has 0 amide bonds. The molecule has 1 aromatic carbocycles. The van der Waals surface area contributed by atoms with Gasteiger partial charge >= 0.3 is 5.97 Å². The number of nitrogens with zero attached hydrogens (tertiary/aromatic N) is 1. The largest absolute Gasteiger partial charge is 0.461 e. The van der Waals surface area contributed by atoms with Crippen LogP contribution in [0.5, 0.6) is 0 Å². The third-order valence-electron chi connectivity index (χ3n) is 4.83. The normalized spacial score (nSPS) is 17.2. The number of carbonyl (C=O) groups excluding carboxylic acids is 1. The summed E-state index contributed by atoms with van der Waals surface area (Å²) in [7, 11) is 0. The molecule has 1 aliphatic rings. The van der Waals surface area contributed by atoms with Crippen LogP contribution in [0, 0.1) is 4.77 Å². The predicted molar refractivity (Wildman–Crippen MR) is 102 cm³/mol. The third-order valence-corrected chi connectivity index (χ3v) is 5.13. The van der Waals surface area contributed by atoms with Crippen molar-refractivity contribution >= 4 is 18.2 Å². The number of hydrogen-bond acceptors (Lipinski definition) is 3. The minimum atomic E-state index is -0.293. The number of carbonyl (C=O) groups is 1. The summed E-state index contributed by atoms with van der Waals surface area (Å²) >= 11 is 5.61. The molecular weight excluding hydrogens is 332 g/mol. The zero-order valence-electron chi connectivity index (χ0n) is 15.4. The van der Waals surface area contributed by atoms with Crippen LogP contribution in [0.15, 0.2) is 24.3 Å². The number of aryl methyl sites for hydroxylation is 1. The second-order valence-corrected chi connectivity index (χ2v) is 8.05. The Balaban J connectivity index is 2.09. The summed E-state index contributed by atoms with van der Waals surface area (Å²) in [6, 6.07) is 8.70. The van der Waals surface area contributed by atoms with Crippen molar-refractivity contribution in [1.29, 1.82) is 0 Å². The Hall–Kier alpha value is -1.88. The van der Waals surface area contributed by atoms with Crippen molar-refractivity contribution in [3.8, 4) is 0 Å². The van der Waals surface area contributed by atoms with Crippen LogP contribution in [-0.2, 0) is 23.0 Å². The second kappa shape index (κ2) is 6.79.